The standard InChI is InChI=1S/C59H96O6/c1-4-7-10-13-16-19-22-25-28-29-32-34-37-40-43-46-49-52-58(61)64-55-56(65-59(62)53-50-47-44-41-38-35-31-27-24-21-18-15-12-9-6-3)54-63-57(60)51-48-45-42-39-36-33-30-26-23-20-17-14-11-8-5-2/h7,9-10,12,16,18-21,23,25,27-28,31-32,34,40,43,56H,4-6,8,11,13-15,17,22,24,26,29-30,33,35-39,41-42,44-55H2,1-3H3/b10-7-,12-9-,19-16-,21-18-,23-20-,28-25-,31-27-,34-32-,43-40-/t56-/m0/s1. The lowest BCUT2D eigenvalue weighted by atomic mass is 10.1. The number of esters is 3. The summed E-state index contributed by atoms with van der Waals surface area (Å²) in [4.78, 5) is 38.0. The van der Waals surface area contributed by atoms with E-state index in [0.717, 1.165) is 116 Å². The number of hydrogen-bond donors (Lipinski definition) is 0. The maximum absolute atomic E-state index is 12.8. The third kappa shape index (κ3) is 50.9. The molecular weight excluding hydrogens is 805 g/mol. The van der Waals surface area contributed by atoms with Crippen LogP contribution < -0.4 is 0 Å². The highest BCUT2D eigenvalue weighted by Crippen LogP contribution is 2.13. The SMILES string of the molecule is CC/C=C\C/C=C\C/C=C\C/C=C\C/C=C\CCCC(=O)OC[C@H](COC(=O)CCCCCCCCC/C=C\CCCCCC)OC(=O)CCCCCCC/C=C\C/C=C\C/C=C\CC. The molecule has 0 aliphatic rings. The number of rotatable bonds is 46. The third-order valence-electron chi connectivity index (χ3n) is 10.7. The van der Waals surface area contributed by atoms with Crippen LogP contribution in [0.25, 0.3) is 0 Å². The molecular formula is C59H96O6. The van der Waals surface area contributed by atoms with Gasteiger partial charge in [-0.05, 0) is 116 Å². The van der Waals surface area contributed by atoms with Crippen LogP contribution in [0.1, 0.15) is 226 Å². The van der Waals surface area contributed by atoms with Crippen LogP contribution in [0.5, 0.6) is 0 Å². The van der Waals surface area contributed by atoms with Gasteiger partial charge >= 0.3 is 17.9 Å². The van der Waals surface area contributed by atoms with Gasteiger partial charge in [-0.2, -0.15) is 0 Å². The molecule has 0 aromatic carbocycles. The molecule has 0 bridgehead atoms. The normalized spacial score (nSPS) is 13.0. The van der Waals surface area contributed by atoms with Crippen LogP contribution in [0, 0.1) is 0 Å². The lowest BCUT2D eigenvalue weighted by molar-refractivity contribution is -0.167. The van der Waals surface area contributed by atoms with E-state index in [1.54, 1.807) is 0 Å². The largest absolute Gasteiger partial charge is 0.462 e. The lowest BCUT2D eigenvalue weighted by Crippen LogP contribution is -2.30. The van der Waals surface area contributed by atoms with Crippen molar-refractivity contribution < 1.29 is 28.6 Å². The molecule has 0 unspecified atom stereocenters. The second-order valence-corrected chi connectivity index (χ2v) is 17.0. The van der Waals surface area contributed by atoms with Gasteiger partial charge in [-0.25, -0.2) is 0 Å². The van der Waals surface area contributed by atoms with Gasteiger partial charge in [0.25, 0.3) is 0 Å². The van der Waals surface area contributed by atoms with E-state index < -0.39 is 6.10 Å². The third-order valence-corrected chi connectivity index (χ3v) is 10.7. The average molecular weight is 901 g/mol. The van der Waals surface area contributed by atoms with Gasteiger partial charge < -0.3 is 14.2 Å². The van der Waals surface area contributed by atoms with E-state index in [9.17, 15) is 14.4 Å². The van der Waals surface area contributed by atoms with Crippen molar-refractivity contribution in [3.63, 3.8) is 0 Å². The molecule has 0 saturated carbocycles. The van der Waals surface area contributed by atoms with E-state index in [2.05, 4.69) is 130 Å². The molecule has 0 aromatic heterocycles. The number of carbonyl (C=O) groups is 3. The van der Waals surface area contributed by atoms with E-state index in [1.807, 2.05) is 0 Å². The maximum Gasteiger partial charge on any atom is 0.306 e. The Morgan fingerprint density at radius 2 is 0.615 bits per heavy atom. The fraction of sp³-hybridized carbons (Fsp3) is 0.644. The number of carbonyl (C=O) groups excluding carboxylic acids is 3. The first-order chi connectivity index (χ1) is 32.0. The molecule has 0 spiro atoms. The molecule has 0 heterocycles. The first-order valence-corrected chi connectivity index (χ1v) is 26.4. The van der Waals surface area contributed by atoms with Crippen molar-refractivity contribution in [1.29, 1.82) is 0 Å². The Morgan fingerprint density at radius 3 is 1.02 bits per heavy atom. The fourth-order valence-corrected chi connectivity index (χ4v) is 6.84. The minimum atomic E-state index is -0.813. The summed E-state index contributed by atoms with van der Waals surface area (Å²) in [5.74, 6) is -0.993. The van der Waals surface area contributed by atoms with Gasteiger partial charge in [0.2, 0.25) is 0 Å². The summed E-state index contributed by atoms with van der Waals surface area (Å²) < 4.78 is 16.7. The van der Waals surface area contributed by atoms with Gasteiger partial charge in [-0.1, -0.05) is 201 Å². The summed E-state index contributed by atoms with van der Waals surface area (Å²) in [7, 11) is 0. The predicted octanol–water partition coefficient (Wildman–Crippen LogP) is 17.5. The van der Waals surface area contributed by atoms with Crippen molar-refractivity contribution in [1.82, 2.24) is 0 Å². The highest BCUT2D eigenvalue weighted by molar-refractivity contribution is 5.71. The lowest BCUT2D eigenvalue weighted by Gasteiger charge is -2.18. The first kappa shape index (κ1) is 61.1. The average Bonchev–Trinajstić information content (AvgIpc) is 3.30. The maximum atomic E-state index is 12.8. The molecule has 0 aromatic rings. The molecule has 0 aliphatic carbocycles. The summed E-state index contributed by atoms with van der Waals surface area (Å²) in [5, 5.41) is 0. The smallest absolute Gasteiger partial charge is 0.306 e. The highest BCUT2D eigenvalue weighted by Gasteiger charge is 2.19. The van der Waals surface area contributed by atoms with Crippen LogP contribution in [0.15, 0.2) is 109 Å². The summed E-state index contributed by atoms with van der Waals surface area (Å²) >= 11 is 0. The molecule has 1 atom stereocenters. The summed E-state index contributed by atoms with van der Waals surface area (Å²) in [6.07, 6.45) is 70.7. The summed E-state index contributed by atoms with van der Waals surface area (Å²) in [5.41, 5.74) is 0. The van der Waals surface area contributed by atoms with E-state index in [-0.39, 0.29) is 37.5 Å². The van der Waals surface area contributed by atoms with Crippen LogP contribution >= 0.6 is 0 Å². The zero-order chi connectivity index (χ0) is 47.2. The molecule has 368 valence electrons. The Labute approximate surface area is 400 Å². The molecule has 0 N–H and O–H groups in total. The minimum Gasteiger partial charge on any atom is -0.462 e. The Bertz CT molecular complexity index is 1360. The van der Waals surface area contributed by atoms with Gasteiger partial charge in [0.1, 0.15) is 13.2 Å². The molecule has 0 aliphatic heterocycles. The van der Waals surface area contributed by atoms with E-state index in [1.165, 1.54) is 64.2 Å². The Hall–Kier alpha value is -3.93. The first-order valence-electron chi connectivity index (χ1n) is 26.4. The quantitative estimate of drug-likeness (QED) is 0.0262. The minimum absolute atomic E-state index is 0.107. The second-order valence-electron chi connectivity index (χ2n) is 17.0. The van der Waals surface area contributed by atoms with Gasteiger partial charge in [-0.15, -0.1) is 0 Å². The number of ether oxygens (including phenoxy) is 3. The van der Waals surface area contributed by atoms with Crippen molar-refractivity contribution in [3.05, 3.63) is 109 Å². The summed E-state index contributed by atoms with van der Waals surface area (Å²) in [6.45, 7) is 6.32. The van der Waals surface area contributed by atoms with Gasteiger partial charge in [-0.3, -0.25) is 14.4 Å². The van der Waals surface area contributed by atoms with Crippen LogP contribution in [0.2, 0.25) is 0 Å². The van der Waals surface area contributed by atoms with Gasteiger partial charge in [0.05, 0.1) is 0 Å². The zero-order valence-corrected chi connectivity index (χ0v) is 42.0. The zero-order valence-electron chi connectivity index (χ0n) is 42.0. The highest BCUT2D eigenvalue weighted by atomic mass is 16.6. The summed E-state index contributed by atoms with van der Waals surface area (Å²) in [6, 6.07) is 0. The van der Waals surface area contributed by atoms with Crippen molar-refractivity contribution in [2.75, 3.05) is 13.2 Å². The number of hydrogen-bond acceptors (Lipinski definition) is 6. The van der Waals surface area contributed by atoms with E-state index in [4.69, 9.17) is 14.2 Å². The van der Waals surface area contributed by atoms with Crippen LogP contribution in [-0.2, 0) is 28.6 Å². The Balaban J connectivity index is 4.52. The monoisotopic (exact) mass is 901 g/mol. The van der Waals surface area contributed by atoms with E-state index in [0.29, 0.717) is 19.3 Å². The van der Waals surface area contributed by atoms with Gasteiger partial charge in [0, 0.05) is 19.3 Å². The molecule has 0 saturated heterocycles. The van der Waals surface area contributed by atoms with Crippen LogP contribution in [0.3, 0.4) is 0 Å². The van der Waals surface area contributed by atoms with Crippen molar-refractivity contribution in [3.8, 4) is 0 Å². The molecule has 0 fully saturated rings. The van der Waals surface area contributed by atoms with E-state index >= 15 is 0 Å². The fourth-order valence-electron chi connectivity index (χ4n) is 6.84. The van der Waals surface area contributed by atoms with Gasteiger partial charge in [0.15, 0.2) is 6.10 Å². The molecule has 0 rings (SSSR count). The predicted molar refractivity (Wildman–Crippen MR) is 279 cm³/mol. The molecule has 0 radical (unpaired) electrons. The number of unbranched alkanes of at least 4 members (excludes halogenated alkanes) is 17. The van der Waals surface area contributed by atoms with Crippen LogP contribution in [0.4, 0.5) is 0 Å². The van der Waals surface area contributed by atoms with Crippen LogP contribution in [-0.4, -0.2) is 37.2 Å². The molecule has 0 amide bonds. The Morgan fingerprint density at radius 1 is 0.323 bits per heavy atom. The van der Waals surface area contributed by atoms with Crippen molar-refractivity contribution in [2.45, 2.75) is 232 Å². The van der Waals surface area contributed by atoms with Crippen molar-refractivity contribution in [2.24, 2.45) is 0 Å². The topological polar surface area (TPSA) is 78.9 Å². The molecule has 65 heavy (non-hydrogen) atoms. The molecule has 6 heteroatoms. The van der Waals surface area contributed by atoms with Crippen molar-refractivity contribution >= 4 is 17.9 Å². The number of allylic oxidation sites excluding steroid dienone is 18. The second kappa shape index (κ2) is 52.7. The Kier molecular flexibility index (Phi) is 49.5. The molecule has 6 nitrogen and oxygen atoms in total.